The van der Waals surface area contributed by atoms with Crippen molar-refractivity contribution >= 4 is 22.2 Å². The molecule has 3 aromatic rings. The largest absolute Gasteiger partial charge is 0.342 e. The molecule has 0 fully saturated rings. The molecule has 0 saturated heterocycles. The van der Waals surface area contributed by atoms with Crippen LogP contribution in [0.5, 0.6) is 0 Å². The fourth-order valence-electron chi connectivity index (χ4n) is 2.52. The Kier molecular flexibility index (Phi) is 3.85. The van der Waals surface area contributed by atoms with Crippen molar-refractivity contribution in [1.82, 2.24) is 14.9 Å². The SMILES string of the molecule is CCNCc1cccc2ccn(Cc3cnc(C)s3)c12. The summed E-state index contributed by atoms with van der Waals surface area (Å²) in [6, 6.07) is 8.72. The van der Waals surface area contributed by atoms with E-state index in [4.69, 9.17) is 0 Å². The van der Waals surface area contributed by atoms with Crippen molar-refractivity contribution < 1.29 is 0 Å². The zero-order valence-electron chi connectivity index (χ0n) is 11.9. The fraction of sp³-hybridized carbons (Fsp3) is 0.312. The van der Waals surface area contributed by atoms with Gasteiger partial charge in [-0.15, -0.1) is 11.3 Å². The van der Waals surface area contributed by atoms with Gasteiger partial charge in [0, 0.05) is 23.8 Å². The quantitative estimate of drug-likeness (QED) is 0.776. The lowest BCUT2D eigenvalue weighted by atomic mass is 10.1. The molecule has 0 amide bonds. The molecule has 0 bridgehead atoms. The molecule has 104 valence electrons. The molecule has 3 nitrogen and oxygen atoms in total. The highest BCUT2D eigenvalue weighted by molar-refractivity contribution is 7.11. The van der Waals surface area contributed by atoms with Gasteiger partial charge in [0.1, 0.15) is 0 Å². The van der Waals surface area contributed by atoms with Gasteiger partial charge in [0.25, 0.3) is 0 Å². The molecule has 0 spiro atoms. The van der Waals surface area contributed by atoms with Gasteiger partial charge >= 0.3 is 0 Å². The Morgan fingerprint density at radius 3 is 2.95 bits per heavy atom. The molecule has 0 aliphatic heterocycles. The van der Waals surface area contributed by atoms with Crippen LogP contribution in [-0.2, 0) is 13.1 Å². The van der Waals surface area contributed by atoms with Crippen molar-refractivity contribution in [3.8, 4) is 0 Å². The monoisotopic (exact) mass is 285 g/mol. The number of hydrogen-bond acceptors (Lipinski definition) is 3. The third-order valence-corrected chi connectivity index (χ3v) is 4.33. The van der Waals surface area contributed by atoms with E-state index in [1.54, 1.807) is 11.3 Å². The van der Waals surface area contributed by atoms with Gasteiger partial charge in [0.2, 0.25) is 0 Å². The van der Waals surface area contributed by atoms with Crippen LogP contribution < -0.4 is 5.32 Å². The summed E-state index contributed by atoms with van der Waals surface area (Å²) in [6.07, 6.45) is 4.16. The lowest BCUT2D eigenvalue weighted by Crippen LogP contribution is -2.12. The predicted octanol–water partition coefficient (Wildman–Crippen LogP) is 3.56. The van der Waals surface area contributed by atoms with E-state index in [2.05, 4.69) is 59.2 Å². The van der Waals surface area contributed by atoms with Crippen molar-refractivity contribution in [3.63, 3.8) is 0 Å². The van der Waals surface area contributed by atoms with E-state index in [1.165, 1.54) is 21.3 Å². The lowest BCUT2D eigenvalue weighted by molar-refractivity contribution is 0.724. The molecule has 2 aromatic heterocycles. The van der Waals surface area contributed by atoms with E-state index in [0.29, 0.717) is 0 Å². The second-order valence-corrected chi connectivity index (χ2v) is 6.24. The van der Waals surface area contributed by atoms with Crippen LogP contribution in [0.1, 0.15) is 22.4 Å². The van der Waals surface area contributed by atoms with E-state index in [9.17, 15) is 0 Å². The van der Waals surface area contributed by atoms with E-state index in [0.717, 1.165) is 24.6 Å². The topological polar surface area (TPSA) is 29.9 Å². The minimum absolute atomic E-state index is 0.901. The van der Waals surface area contributed by atoms with Crippen molar-refractivity contribution in [2.75, 3.05) is 6.54 Å². The van der Waals surface area contributed by atoms with Crippen LogP contribution in [0.25, 0.3) is 10.9 Å². The van der Waals surface area contributed by atoms with Crippen LogP contribution in [0, 0.1) is 6.92 Å². The number of nitrogens with zero attached hydrogens (tertiary/aromatic N) is 2. The summed E-state index contributed by atoms with van der Waals surface area (Å²) in [5.41, 5.74) is 2.69. The van der Waals surface area contributed by atoms with Crippen molar-refractivity contribution in [2.45, 2.75) is 26.9 Å². The third-order valence-electron chi connectivity index (χ3n) is 3.43. The molecule has 0 aliphatic rings. The van der Waals surface area contributed by atoms with Gasteiger partial charge < -0.3 is 9.88 Å². The molecular formula is C16H19N3S. The van der Waals surface area contributed by atoms with Gasteiger partial charge in [-0.1, -0.05) is 25.1 Å². The van der Waals surface area contributed by atoms with Crippen LogP contribution >= 0.6 is 11.3 Å². The minimum Gasteiger partial charge on any atom is -0.342 e. The zero-order valence-corrected chi connectivity index (χ0v) is 12.7. The van der Waals surface area contributed by atoms with E-state index in [1.807, 2.05) is 6.20 Å². The van der Waals surface area contributed by atoms with E-state index < -0.39 is 0 Å². The molecule has 0 unspecified atom stereocenters. The normalized spacial score (nSPS) is 11.3. The summed E-state index contributed by atoms with van der Waals surface area (Å²) in [6.45, 7) is 7.00. The Labute approximate surface area is 123 Å². The highest BCUT2D eigenvalue weighted by Crippen LogP contribution is 2.23. The Morgan fingerprint density at radius 1 is 1.30 bits per heavy atom. The molecule has 4 heteroatoms. The number of aromatic nitrogens is 2. The van der Waals surface area contributed by atoms with E-state index in [-0.39, 0.29) is 0 Å². The Hall–Kier alpha value is -1.65. The number of thiazole rings is 1. The number of rotatable bonds is 5. The number of aryl methyl sites for hydroxylation is 1. The van der Waals surface area contributed by atoms with Gasteiger partial charge in [-0.2, -0.15) is 0 Å². The Bertz CT molecular complexity index is 711. The van der Waals surface area contributed by atoms with Crippen LogP contribution in [0.3, 0.4) is 0 Å². The van der Waals surface area contributed by atoms with Gasteiger partial charge in [0.05, 0.1) is 17.1 Å². The molecule has 1 aromatic carbocycles. The number of benzene rings is 1. The second-order valence-electron chi connectivity index (χ2n) is 4.92. The summed E-state index contributed by atoms with van der Waals surface area (Å²) in [5.74, 6) is 0. The first kappa shape index (κ1) is 13.3. The molecule has 0 saturated carbocycles. The Balaban J connectivity index is 1.98. The number of fused-ring (bicyclic) bond motifs is 1. The van der Waals surface area contributed by atoms with Crippen LogP contribution in [0.2, 0.25) is 0 Å². The average molecular weight is 285 g/mol. The zero-order chi connectivity index (χ0) is 13.9. The summed E-state index contributed by atoms with van der Waals surface area (Å²) in [5, 5.41) is 5.85. The maximum atomic E-state index is 4.34. The van der Waals surface area contributed by atoms with Crippen molar-refractivity contribution in [3.05, 3.63) is 52.1 Å². The van der Waals surface area contributed by atoms with Crippen molar-refractivity contribution in [2.24, 2.45) is 0 Å². The molecule has 1 N–H and O–H groups in total. The van der Waals surface area contributed by atoms with Crippen LogP contribution in [0.4, 0.5) is 0 Å². The first-order chi connectivity index (χ1) is 9.78. The fourth-order valence-corrected chi connectivity index (χ4v) is 3.32. The second kappa shape index (κ2) is 5.77. The maximum Gasteiger partial charge on any atom is 0.0897 e. The summed E-state index contributed by atoms with van der Waals surface area (Å²) >= 11 is 1.77. The standard InChI is InChI=1S/C16H19N3S/c1-3-17-9-14-6-4-5-13-7-8-19(16(13)14)11-15-10-18-12(2)20-15/h4-8,10,17H,3,9,11H2,1-2H3. The summed E-state index contributed by atoms with van der Waals surface area (Å²) in [4.78, 5) is 5.65. The van der Waals surface area contributed by atoms with Gasteiger partial charge in [-0.25, -0.2) is 4.98 Å². The first-order valence-corrected chi connectivity index (χ1v) is 7.78. The van der Waals surface area contributed by atoms with Crippen molar-refractivity contribution in [1.29, 1.82) is 0 Å². The Morgan fingerprint density at radius 2 is 2.20 bits per heavy atom. The highest BCUT2D eigenvalue weighted by atomic mass is 32.1. The average Bonchev–Trinajstić information content (AvgIpc) is 3.04. The van der Waals surface area contributed by atoms with Crippen LogP contribution in [0.15, 0.2) is 36.7 Å². The number of para-hydroxylation sites is 1. The molecule has 0 atom stereocenters. The lowest BCUT2D eigenvalue weighted by Gasteiger charge is -2.09. The van der Waals surface area contributed by atoms with Gasteiger partial charge in [-0.3, -0.25) is 0 Å². The maximum absolute atomic E-state index is 4.34. The summed E-state index contributed by atoms with van der Waals surface area (Å²) in [7, 11) is 0. The number of hydrogen-bond donors (Lipinski definition) is 1. The molecule has 3 rings (SSSR count). The molecule has 0 radical (unpaired) electrons. The highest BCUT2D eigenvalue weighted by Gasteiger charge is 2.08. The smallest absolute Gasteiger partial charge is 0.0897 e. The third kappa shape index (κ3) is 2.62. The number of nitrogens with one attached hydrogen (secondary N) is 1. The molecule has 20 heavy (non-hydrogen) atoms. The minimum atomic E-state index is 0.901. The van der Waals surface area contributed by atoms with E-state index >= 15 is 0 Å². The first-order valence-electron chi connectivity index (χ1n) is 6.96. The predicted molar refractivity (Wildman–Crippen MR) is 85.3 cm³/mol. The molecule has 0 aliphatic carbocycles. The van der Waals surface area contributed by atoms with Gasteiger partial charge in [-0.05, 0) is 30.5 Å². The van der Waals surface area contributed by atoms with Crippen LogP contribution in [-0.4, -0.2) is 16.1 Å². The van der Waals surface area contributed by atoms with Gasteiger partial charge in [0.15, 0.2) is 0 Å². The molecule has 2 heterocycles. The summed E-state index contributed by atoms with van der Waals surface area (Å²) < 4.78 is 2.33. The molecular weight excluding hydrogens is 266 g/mol.